The number of morpholine rings is 1. The Morgan fingerprint density at radius 3 is 2.62 bits per heavy atom. The fourth-order valence-corrected chi connectivity index (χ4v) is 3.51. The van der Waals surface area contributed by atoms with E-state index in [4.69, 9.17) is 9.47 Å². The molecule has 5 nitrogen and oxygen atoms in total. The summed E-state index contributed by atoms with van der Waals surface area (Å²) < 4.78 is 10.7. The fraction of sp³-hybridized carbons (Fsp3) is 0.938. The molecule has 0 radical (unpaired) electrons. The van der Waals surface area contributed by atoms with Gasteiger partial charge in [0.05, 0.1) is 19.8 Å². The van der Waals surface area contributed by atoms with Gasteiger partial charge >= 0.3 is 0 Å². The third-order valence-corrected chi connectivity index (χ3v) is 4.84. The van der Waals surface area contributed by atoms with Gasteiger partial charge in [0.1, 0.15) is 0 Å². The minimum Gasteiger partial charge on any atom is -0.384 e. The van der Waals surface area contributed by atoms with E-state index in [1.165, 1.54) is 25.7 Å². The molecule has 1 amide bonds. The normalized spacial score (nSPS) is 23.9. The summed E-state index contributed by atoms with van der Waals surface area (Å²) in [5.74, 6) is 0.202. The lowest BCUT2D eigenvalue weighted by atomic mass is 9.87. The monoisotopic (exact) mass is 298 g/mol. The van der Waals surface area contributed by atoms with Crippen LogP contribution in [0.1, 0.15) is 32.6 Å². The first-order chi connectivity index (χ1) is 10.2. The molecule has 122 valence electrons. The second-order valence-corrected chi connectivity index (χ2v) is 6.67. The molecule has 1 atom stereocenters. The average Bonchev–Trinajstić information content (AvgIpc) is 2.95. The molecule has 0 bridgehead atoms. The van der Waals surface area contributed by atoms with E-state index in [2.05, 4.69) is 10.2 Å². The van der Waals surface area contributed by atoms with Crippen molar-refractivity contribution in [2.45, 2.75) is 32.6 Å². The first-order valence-electron chi connectivity index (χ1n) is 8.22. The highest BCUT2D eigenvalue weighted by Crippen LogP contribution is 2.37. The summed E-state index contributed by atoms with van der Waals surface area (Å²) in [4.78, 5) is 14.6. The molecular formula is C16H30N2O3. The molecule has 1 saturated carbocycles. The SMILES string of the molecule is COCC1(CNC(=O)C(C)CN2CCOCC2)CCCC1. The van der Waals surface area contributed by atoms with Crippen molar-refractivity contribution in [3.05, 3.63) is 0 Å². The highest BCUT2D eigenvalue weighted by Gasteiger charge is 2.34. The molecule has 5 heteroatoms. The molecule has 2 rings (SSSR count). The van der Waals surface area contributed by atoms with Crippen molar-refractivity contribution in [3.63, 3.8) is 0 Å². The summed E-state index contributed by atoms with van der Waals surface area (Å²) in [6.07, 6.45) is 4.84. The summed E-state index contributed by atoms with van der Waals surface area (Å²) in [7, 11) is 1.75. The molecule has 1 heterocycles. The second kappa shape index (κ2) is 8.11. The van der Waals surface area contributed by atoms with Crippen LogP contribution in [0, 0.1) is 11.3 Å². The van der Waals surface area contributed by atoms with Crippen molar-refractivity contribution in [2.75, 3.05) is 53.1 Å². The van der Waals surface area contributed by atoms with Gasteiger partial charge in [-0.2, -0.15) is 0 Å². The number of nitrogens with one attached hydrogen (secondary N) is 1. The average molecular weight is 298 g/mol. The van der Waals surface area contributed by atoms with Crippen molar-refractivity contribution in [2.24, 2.45) is 11.3 Å². The van der Waals surface area contributed by atoms with E-state index in [1.54, 1.807) is 7.11 Å². The fourth-order valence-electron chi connectivity index (χ4n) is 3.51. The number of amides is 1. The summed E-state index contributed by atoms with van der Waals surface area (Å²) in [6, 6.07) is 0. The topological polar surface area (TPSA) is 50.8 Å². The molecule has 0 aromatic heterocycles. The number of rotatable bonds is 7. The molecule has 2 aliphatic rings. The van der Waals surface area contributed by atoms with Gasteiger partial charge in [0.15, 0.2) is 0 Å². The Bertz CT molecular complexity index is 323. The molecule has 21 heavy (non-hydrogen) atoms. The molecule has 2 fully saturated rings. The third-order valence-electron chi connectivity index (χ3n) is 4.84. The molecule has 0 aromatic carbocycles. The van der Waals surface area contributed by atoms with Gasteiger partial charge in [0.2, 0.25) is 5.91 Å². The van der Waals surface area contributed by atoms with Crippen LogP contribution in [0.2, 0.25) is 0 Å². The first kappa shape index (κ1) is 16.7. The minimum atomic E-state index is 0.0316. The van der Waals surface area contributed by atoms with Crippen molar-refractivity contribution in [1.29, 1.82) is 0 Å². The summed E-state index contributed by atoms with van der Waals surface area (Å²) in [6.45, 7) is 7.79. The van der Waals surface area contributed by atoms with Crippen LogP contribution in [-0.2, 0) is 14.3 Å². The predicted octanol–water partition coefficient (Wildman–Crippen LogP) is 1.28. The third kappa shape index (κ3) is 4.94. The highest BCUT2D eigenvalue weighted by atomic mass is 16.5. The van der Waals surface area contributed by atoms with Crippen LogP contribution in [-0.4, -0.2) is 63.9 Å². The maximum absolute atomic E-state index is 12.3. The smallest absolute Gasteiger partial charge is 0.224 e. The predicted molar refractivity (Wildman–Crippen MR) is 82.2 cm³/mol. The molecule has 0 spiro atoms. The molecule has 1 aliphatic carbocycles. The van der Waals surface area contributed by atoms with Gasteiger partial charge in [-0.15, -0.1) is 0 Å². The van der Waals surface area contributed by atoms with Gasteiger partial charge in [-0.25, -0.2) is 0 Å². The Morgan fingerprint density at radius 2 is 2.00 bits per heavy atom. The number of ether oxygens (including phenoxy) is 2. The number of methoxy groups -OCH3 is 1. The minimum absolute atomic E-state index is 0.0316. The van der Waals surface area contributed by atoms with Gasteiger partial charge in [-0.3, -0.25) is 9.69 Å². The van der Waals surface area contributed by atoms with Gasteiger partial charge in [0, 0.05) is 44.6 Å². The van der Waals surface area contributed by atoms with Gasteiger partial charge in [0.25, 0.3) is 0 Å². The van der Waals surface area contributed by atoms with Crippen LogP contribution in [0.15, 0.2) is 0 Å². The maximum Gasteiger partial charge on any atom is 0.224 e. The molecule has 1 N–H and O–H groups in total. The maximum atomic E-state index is 12.3. The van der Waals surface area contributed by atoms with Gasteiger partial charge in [-0.05, 0) is 12.8 Å². The molecule has 1 saturated heterocycles. The van der Waals surface area contributed by atoms with E-state index >= 15 is 0 Å². The van der Waals surface area contributed by atoms with Crippen LogP contribution in [0.5, 0.6) is 0 Å². The van der Waals surface area contributed by atoms with E-state index < -0.39 is 0 Å². The zero-order valence-electron chi connectivity index (χ0n) is 13.5. The van der Waals surface area contributed by atoms with E-state index in [1.807, 2.05) is 6.92 Å². The first-order valence-corrected chi connectivity index (χ1v) is 8.22. The molecule has 1 aliphatic heterocycles. The van der Waals surface area contributed by atoms with Crippen LogP contribution in [0.3, 0.4) is 0 Å². The Kier molecular flexibility index (Phi) is 6.45. The van der Waals surface area contributed by atoms with Crippen LogP contribution in [0.4, 0.5) is 0 Å². The van der Waals surface area contributed by atoms with E-state index in [0.717, 1.165) is 46.0 Å². The zero-order chi connectivity index (χ0) is 15.1. The largest absolute Gasteiger partial charge is 0.384 e. The highest BCUT2D eigenvalue weighted by molar-refractivity contribution is 5.78. The Hall–Kier alpha value is -0.650. The van der Waals surface area contributed by atoms with E-state index in [9.17, 15) is 4.79 Å². The van der Waals surface area contributed by atoms with Crippen molar-refractivity contribution >= 4 is 5.91 Å². The Labute approximate surface area is 128 Å². The quantitative estimate of drug-likeness (QED) is 0.769. The summed E-state index contributed by atoms with van der Waals surface area (Å²) in [5, 5.41) is 3.16. The number of nitrogens with zero attached hydrogens (tertiary/aromatic N) is 1. The lowest BCUT2D eigenvalue weighted by molar-refractivity contribution is -0.126. The van der Waals surface area contributed by atoms with Crippen molar-refractivity contribution in [3.8, 4) is 0 Å². The van der Waals surface area contributed by atoms with E-state index in [0.29, 0.717) is 0 Å². The Morgan fingerprint density at radius 1 is 1.33 bits per heavy atom. The summed E-state index contributed by atoms with van der Waals surface area (Å²) >= 11 is 0. The number of hydrogen-bond acceptors (Lipinski definition) is 4. The zero-order valence-corrected chi connectivity index (χ0v) is 13.5. The number of carbonyl (C=O) groups excluding carboxylic acids is 1. The lowest BCUT2D eigenvalue weighted by Crippen LogP contribution is -2.45. The van der Waals surface area contributed by atoms with Gasteiger partial charge < -0.3 is 14.8 Å². The van der Waals surface area contributed by atoms with Crippen LogP contribution >= 0.6 is 0 Å². The van der Waals surface area contributed by atoms with Crippen molar-refractivity contribution in [1.82, 2.24) is 10.2 Å². The Balaban J connectivity index is 1.74. The standard InChI is InChI=1S/C16H30N2O3/c1-14(11-18-7-9-21-10-8-18)15(19)17-12-16(13-20-2)5-3-4-6-16/h14H,3-13H2,1-2H3,(H,17,19). The second-order valence-electron chi connectivity index (χ2n) is 6.67. The number of hydrogen-bond donors (Lipinski definition) is 1. The lowest BCUT2D eigenvalue weighted by Gasteiger charge is -2.31. The van der Waals surface area contributed by atoms with Crippen LogP contribution < -0.4 is 5.32 Å². The molecular weight excluding hydrogens is 268 g/mol. The van der Waals surface area contributed by atoms with Gasteiger partial charge in [-0.1, -0.05) is 19.8 Å². The molecule has 0 aromatic rings. The van der Waals surface area contributed by atoms with Crippen LogP contribution in [0.25, 0.3) is 0 Å². The van der Waals surface area contributed by atoms with E-state index in [-0.39, 0.29) is 17.2 Å². The summed E-state index contributed by atoms with van der Waals surface area (Å²) in [5.41, 5.74) is 0.170. The molecule has 1 unspecified atom stereocenters. The number of carbonyl (C=O) groups is 1. The van der Waals surface area contributed by atoms with Crippen molar-refractivity contribution < 1.29 is 14.3 Å².